The van der Waals surface area contributed by atoms with Crippen molar-refractivity contribution in [3.05, 3.63) is 0 Å². The molecule has 0 aliphatic rings. The highest BCUT2D eigenvalue weighted by molar-refractivity contribution is 5.84. The summed E-state index contributed by atoms with van der Waals surface area (Å²) in [6, 6.07) is 0. The molecule has 0 aromatic heterocycles. The highest BCUT2D eigenvalue weighted by Gasteiger charge is 2.18. The number of hydrogen-bond donors (Lipinski definition) is 1. The van der Waals surface area contributed by atoms with E-state index in [4.69, 9.17) is 4.74 Å². The molecule has 0 aliphatic carbocycles. The Morgan fingerprint density at radius 1 is 1.33 bits per heavy atom. The van der Waals surface area contributed by atoms with Gasteiger partial charge in [-0.25, -0.2) is 0 Å². The highest BCUT2D eigenvalue weighted by atomic mass is 16.5. The van der Waals surface area contributed by atoms with Gasteiger partial charge in [0.1, 0.15) is 12.7 Å². The van der Waals surface area contributed by atoms with E-state index >= 15 is 0 Å². The molecule has 1 unspecified atom stereocenters. The smallest absolute Gasteiger partial charge is 0.187 e. The lowest BCUT2D eigenvalue weighted by Crippen LogP contribution is -2.30. The van der Waals surface area contributed by atoms with Gasteiger partial charge >= 0.3 is 0 Å². The molecule has 0 spiro atoms. The number of ether oxygens (including phenoxy) is 1. The van der Waals surface area contributed by atoms with Gasteiger partial charge in [-0.3, -0.25) is 4.79 Å². The predicted molar refractivity (Wildman–Crippen MR) is 46.9 cm³/mol. The van der Waals surface area contributed by atoms with Crippen LogP contribution < -0.4 is 0 Å². The molecule has 0 heterocycles. The Bertz CT molecular complexity index is 141. The number of rotatable bonds is 5. The number of Topliss-reactive ketones (excluding diaryl/α,β-unsaturated/α-hetero) is 1. The average molecular weight is 174 g/mol. The number of carbonyl (C=O) groups excluding carboxylic acids is 1. The van der Waals surface area contributed by atoms with E-state index in [0.29, 0.717) is 0 Å². The molecule has 3 heteroatoms. The lowest BCUT2D eigenvalue weighted by molar-refractivity contribution is -0.135. The molecule has 0 saturated carbocycles. The lowest BCUT2D eigenvalue weighted by atomic mass is 10.0. The van der Waals surface area contributed by atoms with Gasteiger partial charge in [-0.2, -0.15) is 0 Å². The number of aliphatic hydroxyl groups excluding tert-OH is 1. The Labute approximate surface area is 73.7 Å². The van der Waals surface area contributed by atoms with Gasteiger partial charge in [0.25, 0.3) is 0 Å². The van der Waals surface area contributed by atoms with Gasteiger partial charge in [-0.15, -0.1) is 0 Å². The molecule has 0 aromatic carbocycles. The van der Waals surface area contributed by atoms with E-state index < -0.39 is 6.10 Å². The largest absolute Gasteiger partial charge is 0.385 e. The molecule has 1 atom stereocenters. The zero-order chi connectivity index (χ0) is 9.72. The van der Waals surface area contributed by atoms with Crippen molar-refractivity contribution in [2.75, 3.05) is 6.61 Å². The van der Waals surface area contributed by atoms with Crippen LogP contribution in [0.5, 0.6) is 0 Å². The zero-order valence-electron chi connectivity index (χ0n) is 8.20. The van der Waals surface area contributed by atoms with Crippen molar-refractivity contribution in [1.82, 2.24) is 0 Å². The fourth-order valence-electron chi connectivity index (χ4n) is 0.706. The molecule has 0 fully saturated rings. The van der Waals surface area contributed by atoms with Crippen LogP contribution in [0, 0.1) is 5.92 Å². The van der Waals surface area contributed by atoms with Crippen molar-refractivity contribution >= 4 is 5.78 Å². The fourth-order valence-corrected chi connectivity index (χ4v) is 0.706. The van der Waals surface area contributed by atoms with Crippen LogP contribution in [0.25, 0.3) is 0 Å². The number of ketones is 1. The molecule has 3 nitrogen and oxygen atoms in total. The maximum atomic E-state index is 11.1. The van der Waals surface area contributed by atoms with E-state index in [-0.39, 0.29) is 24.4 Å². The molecule has 0 bridgehead atoms. The Morgan fingerprint density at radius 2 is 1.83 bits per heavy atom. The van der Waals surface area contributed by atoms with Gasteiger partial charge in [0.2, 0.25) is 0 Å². The summed E-state index contributed by atoms with van der Waals surface area (Å²) in [6.45, 7) is 7.33. The van der Waals surface area contributed by atoms with Gasteiger partial charge in [0.15, 0.2) is 5.78 Å². The summed E-state index contributed by atoms with van der Waals surface area (Å²) in [6.07, 6.45) is -0.850. The lowest BCUT2D eigenvalue weighted by Gasteiger charge is -2.14. The molecule has 1 N–H and O–H groups in total. The van der Waals surface area contributed by atoms with Crippen LogP contribution in [0.2, 0.25) is 0 Å². The molecule has 0 saturated heterocycles. The molecular formula is C9H18O3. The number of hydrogen-bond acceptors (Lipinski definition) is 3. The monoisotopic (exact) mass is 174 g/mol. The minimum atomic E-state index is -0.885. The average Bonchev–Trinajstić information content (AvgIpc) is 1.98. The van der Waals surface area contributed by atoms with Crippen molar-refractivity contribution in [3.63, 3.8) is 0 Å². The third kappa shape index (κ3) is 4.46. The van der Waals surface area contributed by atoms with Crippen molar-refractivity contribution in [2.24, 2.45) is 5.92 Å². The summed E-state index contributed by atoms with van der Waals surface area (Å²) in [5.41, 5.74) is 0. The second kappa shape index (κ2) is 5.27. The van der Waals surface area contributed by atoms with Crippen LogP contribution >= 0.6 is 0 Å². The third-order valence-corrected chi connectivity index (χ3v) is 1.52. The Morgan fingerprint density at radius 3 is 2.17 bits per heavy atom. The third-order valence-electron chi connectivity index (χ3n) is 1.52. The van der Waals surface area contributed by atoms with Gasteiger partial charge < -0.3 is 9.84 Å². The van der Waals surface area contributed by atoms with Crippen molar-refractivity contribution in [2.45, 2.75) is 39.9 Å². The second-order valence-electron chi connectivity index (χ2n) is 3.51. The second-order valence-corrected chi connectivity index (χ2v) is 3.51. The summed E-state index contributed by atoms with van der Waals surface area (Å²) in [5.74, 6) is -0.271. The maximum Gasteiger partial charge on any atom is 0.187 e. The highest BCUT2D eigenvalue weighted by Crippen LogP contribution is 2.02. The van der Waals surface area contributed by atoms with Gasteiger partial charge in [0.05, 0.1) is 6.10 Å². The van der Waals surface area contributed by atoms with E-state index in [9.17, 15) is 9.90 Å². The SMILES string of the molecule is CC(C)OCC(=O)C(O)C(C)C. The first kappa shape index (κ1) is 11.6. The van der Waals surface area contributed by atoms with Gasteiger partial charge in [-0.1, -0.05) is 13.8 Å². The first-order valence-corrected chi connectivity index (χ1v) is 4.27. The molecule has 12 heavy (non-hydrogen) atoms. The summed E-state index contributed by atoms with van der Waals surface area (Å²) in [5, 5.41) is 9.28. The topological polar surface area (TPSA) is 46.5 Å². The number of carbonyl (C=O) groups is 1. The molecule has 0 rings (SSSR count). The van der Waals surface area contributed by atoms with Crippen LogP contribution in [-0.2, 0) is 9.53 Å². The molecule has 0 radical (unpaired) electrons. The zero-order valence-corrected chi connectivity index (χ0v) is 8.20. The number of aliphatic hydroxyl groups is 1. The molecule has 0 aromatic rings. The molecule has 0 aliphatic heterocycles. The fraction of sp³-hybridized carbons (Fsp3) is 0.889. The standard InChI is InChI=1S/C9H18O3/c1-6(2)9(11)8(10)5-12-7(3)4/h6-7,9,11H,5H2,1-4H3. The first-order valence-electron chi connectivity index (χ1n) is 4.27. The van der Waals surface area contributed by atoms with Crippen LogP contribution in [0.4, 0.5) is 0 Å². The van der Waals surface area contributed by atoms with Crippen LogP contribution in [0.3, 0.4) is 0 Å². The molecule has 0 amide bonds. The van der Waals surface area contributed by atoms with E-state index in [1.54, 1.807) is 13.8 Å². The normalized spacial score (nSPS) is 13.9. The summed E-state index contributed by atoms with van der Waals surface area (Å²) < 4.78 is 5.07. The van der Waals surface area contributed by atoms with Crippen molar-refractivity contribution in [1.29, 1.82) is 0 Å². The first-order chi connectivity index (χ1) is 5.45. The summed E-state index contributed by atoms with van der Waals surface area (Å²) in [7, 11) is 0. The van der Waals surface area contributed by atoms with Crippen LogP contribution in [0.15, 0.2) is 0 Å². The van der Waals surface area contributed by atoms with E-state index in [2.05, 4.69) is 0 Å². The minimum Gasteiger partial charge on any atom is -0.385 e. The molecular weight excluding hydrogens is 156 g/mol. The summed E-state index contributed by atoms with van der Waals surface area (Å²) in [4.78, 5) is 11.1. The van der Waals surface area contributed by atoms with Crippen molar-refractivity contribution in [3.8, 4) is 0 Å². The quantitative estimate of drug-likeness (QED) is 0.676. The maximum absolute atomic E-state index is 11.1. The predicted octanol–water partition coefficient (Wildman–Crippen LogP) is 0.997. The summed E-state index contributed by atoms with van der Waals surface area (Å²) >= 11 is 0. The molecule has 72 valence electrons. The Balaban J connectivity index is 3.72. The van der Waals surface area contributed by atoms with E-state index in [1.807, 2.05) is 13.8 Å². The Kier molecular flexibility index (Phi) is 5.09. The van der Waals surface area contributed by atoms with Crippen LogP contribution in [-0.4, -0.2) is 29.7 Å². The van der Waals surface area contributed by atoms with Crippen LogP contribution in [0.1, 0.15) is 27.7 Å². The van der Waals surface area contributed by atoms with Gasteiger partial charge in [0, 0.05) is 0 Å². The van der Waals surface area contributed by atoms with E-state index in [0.717, 1.165) is 0 Å². The van der Waals surface area contributed by atoms with Gasteiger partial charge in [-0.05, 0) is 19.8 Å². The van der Waals surface area contributed by atoms with E-state index in [1.165, 1.54) is 0 Å². The Hall–Kier alpha value is -0.410. The van der Waals surface area contributed by atoms with Crippen molar-refractivity contribution < 1.29 is 14.6 Å². The minimum absolute atomic E-state index is 0.0109.